The average molecular weight is 365 g/mol. The van der Waals surface area contributed by atoms with Crippen LogP contribution in [-0.4, -0.2) is 35.5 Å². The molecule has 1 aromatic heterocycles. The first-order valence-corrected chi connectivity index (χ1v) is 9.93. The summed E-state index contributed by atoms with van der Waals surface area (Å²) in [6, 6.07) is 9.78. The van der Waals surface area contributed by atoms with Crippen LogP contribution in [0, 0.1) is 11.3 Å². The Morgan fingerprint density at radius 1 is 1.19 bits per heavy atom. The number of aromatic nitrogens is 2. The smallest absolute Gasteiger partial charge is 0.243 e. The highest BCUT2D eigenvalue weighted by Gasteiger charge is 2.29. The van der Waals surface area contributed by atoms with Crippen LogP contribution in [0.4, 0.5) is 5.82 Å². The Kier molecular flexibility index (Phi) is 6.59. The zero-order valence-electron chi connectivity index (χ0n) is 15.9. The fraction of sp³-hybridized carbons (Fsp3) is 0.524. The number of benzene rings is 1. The number of para-hydroxylation sites is 2. The first-order chi connectivity index (χ1) is 13.2. The van der Waals surface area contributed by atoms with Gasteiger partial charge in [0.15, 0.2) is 11.7 Å². The van der Waals surface area contributed by atoms with Gasteiger partial charge < -0.3 is 10.2 Å². The number of anilines is 1. The molecule has 1 N–H and O–H groups in total. The van der Waals surface area contributed by atoms with Gasteiger partial charge in [0, 0.05) is 19.6 Å². The van der Waals surface area contributed by atoms with E-state index < -0.39 is 5.92 Å². The molecule has 0 bridgehead atoms. The van der Waals surface area contributed by atoms with Gasteiger partial charge >= 0.3 is 0 Å². The van der Waals surface area contributed by atoms with E-state index >= 15 is 0 Å². The van der Waals surface area contributed by atoms with E-state index in [1.54, 1.807) is 0 Å². The second-order valence-electron chi connectivity index (χ2n) is 7.03. The summed E-state index contributed by atoms with van der Waals surface area (Å²) in [5.41, 5.74) is 1.99. The van der Waals surface area contributed by atoms with E-state index in [0.717, 1.165) is 50.7 Å². The maximum atomic E-state index is 12.7. The Bertz CT molecular complexity index is 823. The number of piperidine rings is 1. The third-order valence-electron chi connectivity index (χ3n) is 4.98. The first kappa shape index (κ1) is 19.1. The summed E-state index contributed by atoms with van der Waals surface area (Å²) in [5, 5.41) is 12.6. The third-order valence-corrected chi connectivity index (χ3v) is 4.98. The molecule has 1 saturated heterocycles. The predicted molar refractivity (Wildman–Crippen MR) is 106 cm³/mol. The predicted octanol–water partition coefficient (Wildman–Crippen LogP) is 3.53. The molecular weight excluding hydrogens is 338 g/mol. The van der Waals surface area contributed by atoms with Crippen LogP contribution < -0.4 is 10.2 Å². The zero-order valence-corrected chi connectivity index (χ0v) is 15.9. The number of hydrogen-bond acceptors (Lipinski definition) is 5. The molecule has 2 heterocycles. The third kappa shape index (κ3) is 4.54. The van der Waals surface area contributed by atoms with Crippen molar-refractivity contribution in [3.63, 3.8) is 0 Å². The summed E-state index contributed by atoms with van der Waals surface area (Å²) in [7, 11) is 0. The molecule has 2 aromatic rings. The molecule has 1 atom stereocenters. The van der Waals surface area contributed by atoms with Gasteiger partial charge in [0.25, 0.3) is 0 Å². The quantitative estimate of drug-likeness (QED) is 0.759. The Balaban J connectivity index is 1.94. The molecule has 1 fully saturated rings. The lowest BCUT2D eigenvalue weighted by atomic mass is 10.0. The lowest BCUT2D eigenvalue weighted by Crippen LogP contribution is -2.34. The number of rotatable bonds is 7. The minimum atomic E-state index is -0.944. The molecule has 0 radical (unpaired) electrons. The van der Waals surface area contributed by atoms with Crippen LogP contribution in [0.3, 0.4) is 0 Å². The minimum absolute atomic E-state index is 0.281. The second kappa shape index (κ2) is 9.31. The van der Waals surface area contributed by atoms with Crippen molar-refractivity contribution in [2.24, 2.45) is 0 Å². The van der Waals surface area contributed by atoms with Gasteiger partial charge in [-0.25, -0.2) is 9.97 Å². The molecule has 27 heavy (non-hydrogen) atoms. The van der Waals surface area contributed by atoms with Crippen molar-refractivity contribution in [1.82, 2.24) is 15.3 Å². The normalized spacial score (nSPS) is 15.3. The molecule has 0 aliphatic carbocycles. The van der Waals surface area contributed by atoms with Gasteiger partial charge in [-0.05, 0) is 37.8 Å². The Hall–Kier alpha value is -2.68. The molecule has 0 saturated carbocycles. The second-order valence-corrected chi connectivity index (χ2v) is 7.03. The lowest BCUT2D eigenvalue weighted by Gasteiger charge is -2.29. The molecule has 1 amide bonds. The molecular formula is C21H27N5O. The van der Waals surface area contributed by atoms with E-state index in [9.17, 15) is 10.1 Å². The van der Waals surface area contributed by atoms with Gasteiger partial charge in [-0.1, -0.05) is 31.9 Å². The standard InChI is InChI=1S/C21H27N5O/c1-2-3-7-12-23-21(27)16(15-22)19-20(26-13-8-4-9-14-26)25-18-11-6-5-10-17(18)24-19/h5-6,10-11,16H,2-4,7-9,12-14H2,1H3,(H,23,27)/t16-/m1/s1. The summed E-state index contributed by atoms with van der Waals surface area (Å²) < 4.78 is 0. The molecule has 6 nitrogen and oxygen atoms in total. The van der Waals surface area contributed by atoms with E-state index in [2.05, 4.69) is 23.2 Å². The Morgan fingerprint density at radius 2 is 1.89 bits per heavy atom. The number of nitrogens with zero attached hydrogens (tertiary/aromatic N) is 4. The zero-order chi connectivity index (χ0) is 19.1. The van der Waals surface area contributed by atoms with Crippen LogP contribution in [-0.2, 0) is 4.79 Å². The molecule has 0 spiro atoms. The van der Waals surface area contributed by atoms with Gasteiger partial charge in [-0.15, -0.1) is 0 Å². The van der Waals surface area contributed by atoms with Crippen molar-refractivity contribution in [2.45, 2.75) is 51.4 Å². The van der Waals surface area contributed by atoms with Crippen LogP contribution in [0.1, 0.15) is 57.1 Å². The van der Waals surface area contributed by atoms with E-state index in [1.165, 1.54) is 6.42 Å². The summed E-state index contributed by atoms with van der Waals surface area (Å²) in [5.74, 6) is -0.541. The van der Waals surface area contributed by atoms with E-state index in [-0.39, 0.29) is 5.91 Å². The highest BCUT2D eigenvalue weighted by atomic mass is 16.1. The van der Waals surface area contributed by atoms with E-state index in [1.807, 2.05) is 24.3 Å². The molecule has 0 unspecified atom stereocenters. The Labute approximate surface area is 160 Å². The number of carbonyl (C=O) groups is 1. The molecule has 3 rings (SSSR count). The van der Waals surface area contributed by atoms with Crippen molar-refractivity contribution in [2.75, 3.05) is 24.5 Å². The Morgan fingerprint density at radius 3 is 2.56 bits per heavy atom. The molecule has 142 valence electrons. The van der Waals surface area contributed by atoms with Crippen LogP contribution in [0.25, 0.3) is 11.0 Å². The molecule has 6 heteroatoms. The number of nitrogens with one attached hydrogen (secondary N) is 1. The number of fused-ring (bicyclic) bond motifs is 1. The number of nitriles is 1. The summed E-state index contributed by atoms with van der Waals surface area (Å²) in [6.45, 7) is 4.48. The molecule has 1 aliphatic rings. The SMILES string of the molecule is CCCCCNC(=O)[C@H](C#N)c1nc2ccccc2nc1N1CCCCC1. The maximum absolute atomic E-state index is 12.7. The average Bonchev–Trinajstić information content (AvgIpc) is 2.72. The molecule has 1 aliphatic heterocycles. The monoisotopic (exact) mass is 365 g/mol. The van der Waals surface area contributed by atoms with Gasteiger partial charge in [-0.2, -0.15) is 5.26 Å². The fourth-order valence-corrected chi connectivity index (χ4v) is 3.47. The van der Waals surface area contributed by atoms with Crippen molar-refractivity contribution in [3.8, 4) is 6.07 Å². The summed E-state index contributed by atoms with van der Waals surface area (Å²) in [4.78, 5) is 24.4. The van der Waals surface area contributed by atoms with Crippen LogP contribution in [0.15, 0.2) is 24.3 Å². The van der Waals surface area contributed by atoms with Crippen LogP contribution in [0.2, 0.25) is 0 Å². The first-order valence-electron chi connectivity index (χ1n) is 9.93. The summed E-state index contributed by atoms with van der Waals surface area (Å²) in [6.07, 6.45) is 6.46. The van der Waals surface area contributed by atoms with Crippen LogP contribution in [0.5, 0.6) is 0 Å². The highest BCUT2D eigenvalue weighted by molar-refractivity contribution is 5.88. The highest BCUT2D eigenvalue weighted by Crippen LogP contribution is 2.29. The number of unbranched alkanes of at least 4 members (excludes halogenated alkanes) is 2. The number of hydrogen-bond donors (Lipinski definition) is 1. The summed E-state index contributed by atoms with van der Waals surface area (Å²) >= 11 is 0. The van der Waals surface area contributed by atoms with E-state index in [0.29, 0.717) is 23.6 Å². The molecule has 1 aromatic carbocycles. The topological polar surface area (TPSA) is 81.9 Å². The lowest BCUT2D eigenvalue weighted by molar-refractivity contribution is -0.121. The van der Waals surface area contributed by atoms with Crippen LogP contribution >= 0.6 is 0 Å². The minimum Gasteiger partial charge on any atom is -0.355 e. The van der Waals surface area contributed by atoms with Gasteiger partial charge in [0.05, 0.1) is 17.1 Å². The van der Waals surface area contributed by atoms with Crippen molar-refractivity contribution in [3.05, 3.63) is 30.0 Å². The van der Waals surface area contributed by atoms with Gasteiger partial charge in [-0.3, -0.25) is 4.79 Å². The van der Waals surface area contributed by atoms with E-state index in [4.69, 9.17) is 9.97 Å². The van der Waals surface area contributed by atoms with Gasteiger partial charge in [0.1, 0.15) is 5.69 Å². The fourth-order valence-electron chi connectivity index (χ4n) is 3.47. The maximum Gasteiger partial charge on any atom is 0.243 e. The van der Waals surface area contributed by atoms with Crippen molar-refractivity contribution in [1.29, 1.82) is 5.26 Å². The van der Waals surface area contributed by atoms with Crippen molar-refractivity contribution < 1.29 is 4.79 Å². The van der Waals surface area contributed by atoms with Gasteiger partial charge in [0.2, 0.25) is 5.91 Å². The number of amides is 1. The number of carbonyl (C=O) groups excluding carboxylic acids is 1. The van der Waals surface area contributed by atoms with Crippen molar-refractivity contribution >= 4 is 22.8 Å². The largest absolute Gasteiger partial charge is 0.355 e.